The molecule has 1 saturated heterocycles. The maximum Gasteiger partial charge on any atom is 0.525 e. The van der Waals surface area contributed by atoms with Crippen LogP contribution in [0.5, 0.6) is 11.5 Å². The van der Waals surface area contributed by atoms with Gasteiger partial charge in [-0.15, -0.1) is 0 Å². The lowest BCUT2D eigenvalue weighted by Crippen LogP contribution is -2.41. The maximum absolute atomic E-state index is 14.5. The average molecular weight is 292 g/mol. The highest BCUT2D eigenvalue weighted by atomic mass is 19.1. The van der Waals surface area contributed by atoms with Gasteiger partial charge in [0.2, 0.25) is 6.79 Å². The van der Waals surface area contributed by atoms with E-state index in [2.05, 4.69) is 0 Å². The van der Waals surface area contributed by atoms with Gasteiger partial charge in [0.15, 0.2) is 11.5 Å². The van der Waals surface area contributed by atoms with E-state index in [1.165, 1.54) is 6.08 Å². The van der Waals surface area contributed by atoms with E-state index in [0.717, 1.165) is 0 Å². The summed E-state index contributed by atoms with van der Waals surface area (Å²) in [4.78, 5) is 0. The summed E-state index contributed by atoms with van der Waals surface area (Å²) in [5, 5.41) is 0. The average Bonchev–Trinajstić information content (AvgIpc) is 2.93. The molecular formula is C15H18BFO4. The molecule has 0 bridgehead atoms. The third kappa shape index (κ3) is 2.42. The zero-order valence-corrected chi connectivity index (χ0v) is 12.6. The van der Waals surface area contributed by atoms with E-state index in [4.69, 9.17) is 18.8 Å². The van der Waals surface area contributed by atoms with Gasteiger partial charge in [-0.05, 0) is 39.8 Å². The van der Waals surface area contributed by atoms with E-state index in [-0.39, 0.29) is 6.79 Å². The number of ether oxygens (including phenoxy) is 2. The standard InChI is InChI=1S/C15H18BFO4/c1-14(2)15(3,4)21-16(20-14)12(17)8-10-6-5-7-11-13(10)19-9-18-11/h5-8H,9H2,1-4H3. The molecule has 1 aromatic carbocycles. The van der Waals surface area contributed by atoms with Gasteiger partial charge in [0.1, 0.15) is 5.73 Å². The first-order valence-electron chi connectivity index (χ1n) is 6.91. The fourth-order valence-electron chi connectivity index (χ4n) is 2.24. The smallest absolute Gasteiger partial charge is 0.454 e. The lowest BCUT2D eigenvalue weighted by Gasteiger charge is -2.32. The van der Waals surface area contributed by atoms with Crippen molar-refractivity contribution in [3.8, 4) is 11.5 Å². The minimum Gasteiger partial charge on any atom is -0.454 e. The van der Waals surface area contributed by atoms with Crippen molar-refractivity contribution in [1.29, 1.82) is 0 Å². The van der Waals surface area contributed by atoms with E-state index in [1.807, 2.05) is 27.7 Å². The van der Waals surface area contributed by atoms with Crippen LogP contribution in [0.25, 0.3) is 6.08 Å². The van der Waals surface area contributed by atoms with Gasteiger partial charge in [0.25, 0.3) is 0 Å². The molecule has 2 aliphatic rings. The number of para-hydroxylation sites is 1. The van der Waals surface area contributed by atoms with E-state index >= 15 is 0 Å². The molecule has 0 amide bonds. The number of rotatable bonds is 2. The topological polar surface area (TPSA) is 36.9 Å². The maximum atomic E-state index is 14.5. The molecule has 6 heteroatoms. The van der Waals surface area contributed by atoms with E-state index in [1.54, 1.807) is 18.2 Å². The molecule has 0 aliphatic carbocycles. The van der Waals surface area contributed by atoms with E-state index < -0.39 is 24.0 Å². The third-order valence-electron chi connectivity index (χ3n) is 4.20. The first-order valence-corrected chi connectivity index (χ1v) is 6.91. The van der Waals surface area contributed by atoms with Crippen LogP contribution >= 0.6 is 0 Å². The predicted molar refractivity (Wildman–Crippen MR) is 77.7 cm³/mol. The van der Waals surface area contributed by atoms with Gasteiger partial charge in [-0.2, -0.15) is 0 Å². The Bertz CT molecular complexity index is 581. The van der Waals surface area contributed by atoms with Crippen LogP contribution in [0.15, 0.2) is 23.9 Å². The fourth-order valence-corrected chi connectivity index (χ4v) is 2.24. The molecule has 2 heterocycles. The van der Waals surface area contributed by atoms with Crippen molar-refractivity contribution < 1.29 is 23.2 Å². The van der Waals surface area contributed by atoms with Crippen molar-refractivity contribution in [2.24, 2.45) is 0 Å². The van der Waals surface area contributed by atoms with Crippen molar-refractivity contribution in [2.75, 3.05) is 6.79 Å². The predicted octanol–water partition coefficient (Wildman–Crippen LogP) is 3.36. The van der Waals surface area contributed by atoms with Gasteiger partial charge in [0.05, 0.1) is 11.2 Å². The molecule has 112 valence electrons. The summed E-state index contributed by atoms with van der Waals surface area (Å²) >= 11 is 0. The van der Waals surface area contributed by atoms with Gasteiger partial charge >= 0.3 is 7.12 Å². The Morgan fingerprint density at radius 2 is 1.81 bits per heavy atom. The van der Waals surface area contributed by atoms with Gasteiger partial charge in [-0.3, -0.25) is 0 Å². The minimum absolute atomic E-state index is 0.151. The van der Waals surface area contributed by atoms with Crippen LogP contribution in [-0.4, -0.2) is 25.1 Å². The molecule has 0 spiro atoms. The summed E-state index contributed by atoms with van der Waals surface area (Å²) < 4.78 is 36.5. The second-order valence-corrected chi connectivity index (χ2v) is 6.20. The van der Waals surface area contributed by atoms with E-state index in [0.29, 0.717) is 17.1 Å². The van der Waals surface area contributed by atoms with Gasteiger partial charge in [-0.25, -0.2) is 4.39 Å². The largest absolute Gasteiger partial charge is 0.525 e. The monoisotopic (exact) mass is 292 g/mol. The number of hydrogen-bond donors (Lipinski definition) is 0. The summed E-state index contributed by atoms with van der Waals surface area (Å²) in [6, 6.07) is 5.33. The SMILES string of the molecule is CC1(C)OB(C(F)=Cc2cccc3c2OCO3)OC1(C)C. The number of halogens is 1. The van der Waals surface area contributed by atoms with Crippen LogP contribution in [0, 0.1) is 0 Å². The Kier molecular flexibility index (Phi) is 3.26. The molecule has 0 aromatic heterocycles. The normalized spacial score (nSPS) is 22.7. The molecule has 0 unspecified atom stereocenters. The lowest BCUT2D eigenvalue weighted by atomic mass is 9.86. The van der Waals surface area contributed by atoms with Crippen LogP contribution in [0.1, 0.15) is 33.3 Å². The summed E-state index contributed by atoms with van der Waals surface area (Å²) in [5.74, 6) is 1.16. The molecular weight excluding hydrogens is 274 g/mol. The van der Waals surface area contributed by atoms with E-state index in [9.17, 15) is 4.39 Å². The first kappa shape index (κ1) is 14.4. The summed E-state index contributed by atoms with van der Waals surface area (Å²) in [6.07, 6.45) is 1.37. The van der Waals surface area contributed by atoms with Crippen LogP contribution in [-0.2, 0) is 9.31 Å². The highest BCUT2D eigenvalue weighted by Crippen LogP contribution is 2.40. The minimum atomic E-state index is -1.01. The Hall–Kier alpha value is -1.53. The number of fused-ring (bicyclic) bond motifs is 1. The van der Waals surface area contributed by atoms with Gasteiger partial charge in [-0.1, -0.05) is 12.1 Å². The third-order valence-corrected chi connectivity index (χ3v) is 4.20. The zero-order valence-electron chi connectivity index (χ0n) is 12.6. The second-order valence-electron chi connectivity index (χ2n) is 6.20. The quantitative estimate of drug-likeness (QED) is 0.783. The molecule has 3 rings (SSSR count). The summed E-state index contributed by atoms with van der Waals surface area (Å²) in [6.45, 7) is 7.70. The highest BCUT2D eigenvalue weighted by Gasteiger charge is 2.53. The van der Waals surface area contributed by atoms with Crippen molar-refractivity contribution in [1.82, 2.24) is 0 Å². The summed E-state index contributed by atoms with van der Waals surface area (Å²) in [5.41, 5.74) is -1.02. The molecule has 0 N–H and O–H groups in total. The number of hydrogen-bond acceptors (Lipinski definition) is 4. The van der Waals surface area contributed by atoms with Crippen LogP contribution in [0.4, 0.5) is 4.39 Å². The Balaban J connectivity index is 1.87. The Labute approximate surface area is 124 Å². The molecule has 0 radical (unpaired) electrons. The molecule has 1 aromatic rings. The second kappa shape index (κ2) is 4.75. The lowest BCUT2D eigenvalue weighted by molar-refractivity contribution is 0.00578. The van der Waals surface area contributed by atoms with Gasteiger partial charge < -0.3 is 18.8 Å². The Morgan fingerprint density at radius 1 is 1.14 bits per heavy atom. The molecule has 0 saturated carbocycles. The van der Waals surface area contributed by atoms with Crippen molar-refractivity contribution in [2.45, 2.75) is 38.9 Å². The zero-order chi connectivity index (χ0) is 15.3. The number of benzene rings is 1. The first-order chi connectivity index (χ1) is 9.80. The molecule has 4 nitrogen and oxygen atoms in total. The van der Waals surface area contributed by atoms with Crippen LogP contribution in [0.2, 0.25) is 0 Å². The molecule has 2 aliphatic heterocycles. The van der Waals surface area contributed by atoms with Crippen molar-refractivity contribution >= 4 is 13.2 Å². The summed E-state index contributed by atoms with van der Waals surface area (Å²) in [7, 11) is -1.01. The molecule has 1 fully saturated rings. The fraction of sp³-hybridized carbons (Fsp3) is 0.467. The van der Waals surface area contributed by atoms with Crippen molar-refractivity contribution in [3.63, 3.8) is 0 Å². The molecule has 0 atom stereocenters. The Morgan fingerprint density at radius 3 is 2.48 bits per heavy atom. The van der Waals surface area contributed by atoms with Gasteiger partial charge in [0, 0.05) is 5.56 Å². The highest BCUT2D eigenvalue weighted by molar-refractivity contribution is 6.54. The van der Waals surface area contributed by atoms with Crippen LogP contribution < -0.4 is 9.47 Å². The van der Waals surface area contributed by atoms with Crippen LogP contribution in [0.3, 0.4) is 0 Å². The molecule has 21 heavy (non-hydrogen) atoms. The van der Waals surface area contributed by atoms with Crippen molar-refractivity contribution in [3.05, 3.63) is 29.5 Å².